The van der Waals surface area contributed by atoms with Crippen molar-refractivity contribution in [1.82, 2.24) is 9.62 Å². The summed E-state index contributed by atoms with van der Waals surface area (Å²) in [6.45, 7) is 3.69. The van der Waals surface area contributed by atoms with E-state index in [9.17, 15) is 8.42 Å². The van der Waals surface area contributed by atoms with Crippen LogP contribution in [0.15, 0.2) is 0 Å². The predicted molar refractivity (Wildman–Crippen MR) is 56.0 cm³/mol. The van der Waals surface area contributed by atoms with Crippen molar-refractivity contribution < 1.29 is 8.42 Å². The average Bonchev–Trinajstić information content (AvgIpc) is 2.80. The van der Waals surface area contributed by atoms with Crippen LogP contribution in [0.5, 0.6) is 0 Å². The fourth-order valence-electron chi connectivity index (χ4n) is 1.57. The van der Waals surface area contributed by atoms with E-state index < -0.39 is 10.2 Å². The molecule has 6 heteroatoms. The molecule has 2 fully saturated rings. The second-order valence-corrected chi connectivity index (χ2v) is 5.15. The number of nitrogens with one attached hydrogen (secondary N) is 1. The first-order chi connectivity index (χ1) is 6.61. The Balaban J connectivity index is 0.000000165. The molecule has 0 bridgehead atoms. The van der Waals surface area contributed by atoms with Crippen LogP contribution in [0.25, 0.3) is 0 Å². The molecule has 2 rings (SSSR count). The van der Waals surface area contributed by atoms with Crippen molar-refractivity contribution in [3.8, 4) is 0 Å². The topological polar surface area (TPSA) is 75.4 Å². The summed E-state index contributed by atoms with van der Waals surface area (Å²) >= 11 is 0. The van der Waals surface area contributed by atoms with E-state index in [4.69, 9.17) is 5.14 Å². The van der Waals surface area contributed by atoms with E-state index >= 15 is 0 Å². The molecule has 2 saturated heterocycles. The molecule has 0 unspecified atom stereocenters. The minimum absolute atomic E-state index is 0.596. The van der Waals surface area contributed by atoms with Crippen molar-refractivity contribution in [3.05, 3.63) is 0 Å². The quantitative estimate of drug-likeness (QED) is 0.636. The van der Waals surface area contributed by atoms with Crippen LogP contribution in [0.3, 0.4) is 0 Å². The molecule has 0 aromatic carbocycles. The SMILES string of the molecule is C1CCNC1.NS(=O)(=O)N1CCCC1. The summed E-state index contributed by atoms with van der Waals surface area (Å²) in [7, 11) is -3.37. The second kappa shape index (κ2) is 5.65. The van der Waals surface area contributed by atoms with Crippen LogP contribution in [-0.4, -0.2) is 38.9 Å². The van der Waals surface area contributed by atoms with E-state index in [2.05, 4.69) is 5.32 Å². The number of rotatable bonds is 1. The molecule has 3 N–H and O–H groups in total. The van der Waals surface area contributed by atoms with E-state index in [-0.39, 0.29) is 0 Å². The van der Waals surface area contributed by atoms with Gasteiger partial charge in [-0.25, -0.2) is 5.14 Å². The normalized spacial score (nSPS) is 23.2. The third-order valence-corrected chi connectivity index (χ3v) is 3.47. The lowest BCUT2D eigenvalue weighted by Crippen LogP contribution is -2.33. The maximum absolute atomic E-state index is 10.5. The summed E-state index contributed by atoms with van der Waals surface area (Å²) in [5.41, 5.74) is 0. The highest BCUT2D eigenvalue weighted by Crippen LogP contribution is 2.08. The van der Waals surface area contributed by atoms with Gasteiger partial charge in [-0.3, -0.25) is 0 Å². The summed E-state index contributed by atoms with van der Waals surface area (Å²) in [5, 5.41) is 8.06. The zero-order chi connectivity index (χ0) is 10.4. The Kier molecular flexibility index (Phi) is 4.80. The van der Waals surface area contributed by atoms with Gasteiger partial charge in [0.25, 0.3) is 10.2 Å². The van der Waals surface area contributed by atoms with Crippen LogP contribution in [0, 0.1) is 0 Å². The van der Waals surface area contributed by atoms with Crippen molar-refractivity contribution in [1.29, 1.82) is 0 Å². The lowest BCUT2D eigenvalue weighted by Gasteiger charge is -2.09. The molecule has 0 atom stereocenters. The van der Waals surface area contributed by atoms with Gasteiger partial charge in [0.1, 0.15) is 0 Å². The van der Waals surface area contributed by atoms with Gasteiger partial charge in [-0.15, -0.1) is 0 Å². The Labute approximate surface area is 85.8 Å². The van der Waals surface area contributed by atoms with Crippen LogP contribution in [-0.2, 0) is 10.2 Å². The molecule has 5 nitrogen and oxygen atoms in total. The summed E-state index contributed by atoms with van der Waals surface area (Å²) in [6, 6.07) is 0. The Hall–Kier alpha value is -0.170. The standard InChI is InChI=1S/C4H10N2O2S.C4H9N/c5-9(7,8)6-3-1-2-4-6;1-2-4-5-3-1/h1-4H2,(H2,5,7,8);5H,1-4H2. The maximum atomic E-state index is 10.5. The van der Waals surface area contributed by atoms with Gasteiger partial charge in [0.05, 0.1) is 0 Å². The molecule has 2 heterocycles. The molecule has 84 valence electrons. The van der Waals surface area contributed by atoms with E-state index in [1.807, 2.05) is 0 Å². The van der Waals surface area contributed by atoms with Crippen molar-refractivity contribution >= 4 is 10.2 Å². The average molecular weight is 221 g/mol. The first kappa shape index (κ1) is 11.9. The predicted octanol–water partition coefficient (Wildman–Crippen LogP) is -0.344. The van der Waals surface area contributed by atoms with Crippen molar-refractivity contribution in [2.75, 3.05) is 26.2 Å². The molecule has 0 aromatic heterocycles. The molecular weight excluding hydrogens is 202 g/mol. The maximum Gasteiger partial charge on any atom is 0.276 e. The zero-order valence-corrected chi connectivity index (χ0v) is 9.22. The molecule has 0 spiro atoms. The Morgan fingerprint density at radius 1 is 1.00 bits per heavy atom. The van der Waals surface area contributed by atoms with Crippen LogP contribution in [0.4, 0.5) is 0 Å². The van der Waals surface area contributed by atoms with Crippen LogP contribution in [0.1, 0.15) is 25.7 Å². The highest BCUT2D eigenvalue weighted by Gasteiger charge is 2.20. The lowest BCUT2D eigenvalue weighted by molar-refractivity contribution is 0.479. The fourth-order valence-corrected chi connectivity index (χ4v) is 2.33. The summed E-state index contributed by atoms with van der Waals surface area (Å²) < 4.78 is 22.4. The zero-order valence-electron chi connectivity index (χ0n) is 8.41. The molecule has 14 heavy (non-hydrogen) atoms. The van der Waals surface area contributed by atoms with E-state index in [1.54, 1.807) is 0 Å². The minimum Gasteiger partial charge on any atom is -0.317 e. The van der Waals surface area contributed by atoms with Crippen LogP contribution < -0.4 is 10.5 Å². The highest BCUT2D eigenvalue weighted by molar-refractivity contribution is 7.86. The number of nitrogens with two attached hydrogens (primary N) is 1. The van der Waals surface area contributed by atoms with Gasteiger partial charge in [-0.2, -0.15) is 12.7 Å². The largest absolute Gasteiger partial charge is 0.317 e. The van der Waals surface area contributed by atoms with E-state index in [0.717, 1.165) is 12.8 Å². The fraction of sp³-hybridized carbons (Fsp3) is 1.00. The Morgan fingerprint density at radius 3 is 1.71 bits per heavy atom. The van der Waals surface area contributed by atoms with Gasteiger partial charge in [0.15, 0.2) is 0 Å². The van der Waals surface area contributed by atoms with Gasteiger partial charge >= 0.3 is 0 Å². The first-order valence-corrected chi connectivity index (χ1v) is 6.59. The molecule has 0 radical (unpaired) electrons. The highest BCUT2D eigenvalue weighted by atomic mass is 32.2. The van der Waals surface area contributed by atoms with Crippen LogP contribution in [0.2, 0.25) is 0 Å². The molecular formula is C8H19N3O2S. The Bertz CT molecular complexity index is 236. The van der Waals surface area contributed by atoms with E-state index in [1.165, 1.54) is 30.2 Å². The van der Waals surface area contributed by atoms with Gasteiger partial charge in [0.2, 0.25) is 0 Å². The van der Waals surface area contributed by atoms with Crippen molar-refractivity contribution in [2.24, 2.45) is 5.14 Å². The summed E-state index contributed by atoms with van der Waals surface area (Å²) in [5.74, 6) is 0. The summed E-state index contributed by atoms with van der Waals surface area (Å²) in [4.78, 5) is 0. The molecule has 2 aliphatic rings. The van der Waals surface area contributed by atoms with Crippen molar-refractivity contribution in [3.63, 3.8) is 0 Å². The second-order valence-electron chi connectivity index (χ2n) is 3.61. The first-order valence-electron chi connectivity index (χ1n) is 5.09. The van der Waals surface area contributed by atoms with Crippen molar-refractivity contribution in [2.45, 2.75) is 25.7 Å². The molecule has 2 aliphatic heterocycles. The number of hydrogen-bond acceptors (Lipinski definition) is 3. The van der Waals surface area contributed by atoms with Gasteiger partial charge < -0.3 is 5.32 Å². The van der Waals surface area contributed by atoms with E-state index in [0.29, 0.717) is 13.1 Å². The summed E-state index contributed by atoms with van der Waals surface area (Å²) in [6.07, 6.45) is 4.66. The third-order valence-electron chi connectivity index (χ3n) is 2.38. The molecule has 0 aliphatic carbocycles. The molecule has 0 saturated carbocycles. The number of hydrogen-bond donors (Lipinski definition) is 2. The Morgan fingerprint density at radius 2 is 1.50 bits per heavy atom. The minimum atomic E-state index is -3.37. The van der Waals surface area contributed by atoms with Gasteiger partial charge in [-0.05, 0) is 38.8 Å². The molecule has 0 amide bonds. The smallest absolute Gasteiger partial charge is 0.276 e. The number of nitrogens with zero attached hydrogens (tertiary/aromatic N) is 1. The molecule has 0 aromatic rings. The van der Waals surface area contributed by atoms with Crippen LogP contribution >= 0.6 is 0 Å². The lowest BCUT2D eigenvalue weighted by atomic mass is 10.4. The van der Waals surface area contributed by atoms with Gasteiger partial charge in [0, 0.05) is 13.1 Å². The van der Waals surface area contributed by atoms with Gasteiger partial charge in [-0.1, -0.05) is 0 Å². The monoisotopic (exact) mass is 221 g/mol. The third kappa shape index (κ3) is 4.36.